The smallest absolute Gasteiger partial charge is 0.227 e. The van der Waals surface area contributed by atoms with Crippen LogP contribution in [0.4, 0.5) is 10.2 Å². The molecule has 0 aliphatic heterocycles. The van der Waals surface area contributed by atoms with Gasteiger partial charge in [0.1, 0.15) is 11.6 Å². The maximum atomic E-state index is 13.8. The van der Waals surface area contributed by atoms with Crippen molar-refractivity contribution in [3.05, 3.63) is 39.9 Å². The maximum Gasteiger partial charge on any atom is 0.227 e. The number of nitrogens with one attached hydrogen (secondary N) is 1. The fraction of sp³-hybridized carbons (Fsp3) is 0.286. The molecular formula is C14H16BrFN4O. The number of benzene rings is 1. The molecule has 21 heavy (non-hydrogen) atoms. The number of rotatable bonds is 5. The van der Waals surface area contributed by atoms with Crippen LogP contribution in [0.1, 0.15) is 24.7 Å². The number of nitrogens with zero attached hydrogens (tertiary/aromatic N) is 2. The van der Waals surface area contributed by atoms with Crippen molar-refractivity contribution in [2.45, 2.75) is 26.7 Å². The summed E-state index contributed by atoms with van der Waals surface area (Å²) in [6.07, 6.45) is 1.57. The first-order chi connectivity index (χ1) is 10.0. The molecule has 1 aromatic carbocycles. The third kappa shape index (κ3) is 3.68. The van der Waals surface area contributed by atoms with Gasteiger partial charge in [-0.2, -0.15) is 4.98 Å². The second-order valence-corrected chi connectivity index (χ2v) is 5.41. The summed E-state index contributed by atoms with van der Waals surface area (Å²) in [7, 11) is 0. The lowest BCUT2D eigenvalue weighted by Gasteiger charge is -2.13. The van der Waals surface area contributed by atoms with Crippen LogP contribution in [0.2, 0.25) is 0 Å². The van der Waals surface area contributed by atoms with Crippen molar-refractivity contribution in [3.8, 4) is 11.6 Å². The molecular weight excluding hydrogens is 339 g/mol. The number of anilines is 1. The maximum absolute atomic E-state index is 13.8. The Morgan fingerprint density at radius 1 is 1.38 bits per heavy atom. The number of nitrogens with two attached hydrogens (primary N) is 1. The van der Waals surface area contributed by atoms with Crippen molar-refractivity contribution in [2.75, 3.05) is 5.43 Å². The lowest BCUT2D eigenvalue weighted by atomic mass is 10.2. The number of hydrogen-bond acceptors (Lipinski definition) is 5. The van der Waals surface area contributed by atoms with Crippen LogP contribution in [0, 0.1) is 12.7 Å². The number of hydrogen-bond donors (Lipinski definition) is 2. The minimum Gasteiger partial charge on any atom is -0.435 e. The minimum absolute atomic E-state index is 0.0941. The third-order valence-corrected chi connectivity index (χ3v) is 3.35. The molecule has 0 radical (unpaired) electrons. The Morgan fingerprint density at radius 3 is 2.81 bits per heavy atom. The Morgan fingerprint density at radius 2 is 2.14 bits per heavy atom. The van der Waals surface area contributed by atoms with Crippen LogP contribution >= 0.6 is 15.9 Å². The molecule has 3 N–H and O–H groups in total. The molecule has 0 saturated carbocycles. The summed E-state index contributed by atoms with van der Waals surface area (Å²) in [5.41, 5.74) is 3.13. The summed E-state index contributed by atoms with van der Waals surface area (Å²) in [5, 5.41) is 0. The first kappa shape index (κ1) is 15.7. The Labute approximate surface area is 130 Å². The number of aromatic nitrogens is 2. The molecule has 2 aromatic rings. The average molecular weight is 355 g/mol. The zero-order valence-corrected chi connectivity index (χ0v) is 13.4. The number of hydrazine groups is 1. The van der Waals surface area contributed by atoms with Crippen LogP contribution in [-0.4, -0.2) is 9.97 Å². The molecule has 0 fully saturated rings. The van der Waals surface area contributed by atoms with Gasteiger partial charge in [-0.15, -0.1) is 0 Å². The highest BCUT2D eigenvalue weighted by Gasteiger charge is 2.14. The SMILES string of the molecule is CCCc1nc(NN)c(C)c(Oc2cc(Br)ccc2F)n1. The second-order valence-electron chi connectivity index (χ2n) is 4.49. The van der Waals surface area contributed by atoms with Crippen LogP contribution in [0.3, 0.4) is 0 Å². The van der Waals surface area contributed by atoms with Crippen molar-refractivity contribution in [3.63, 3.8) is 0 Å². The van der Waals surface area contributed by atoms with E-state index in [1.54, 1.807) is 19.1 Å². The summed E-state index contributed by atoms with van der Waals surface area (Å²) in [4.78, 5) is 8.62. The van der Waals surface area contributed by atoms with E-state index in [0.29, 0.717) is 29.5 Å². The normalized spacial score (nSPS) is 10.5. The second kappa shape index (κ2) is 6.82. The van der Waals surface area contributed by atoms with Gasteiger partial charge in [0.2, 0.25) is 5.88 Å². The van der Waals surface area contributed by atoms with Crippen LogP contribution in [-0.2, 0) is 6.42 Å². The Balaban J connectivity index is 2.42. The fourth-order valence-corrected chi connectivity index (χ4v) is 2.12. The standard InChI is InChI=1S/C14H16BrFN4O/c1-3-4-12-18-13(20-17)8(2)14(19-12)21-11-7-9(15)5-6-10(11)16/h5-7H,3-4,17H2,1-2H3,(H,18,19,20). The number of halogens is 2. The molecule has 0 aliphatic rings. The predicted octanol–water partition coefficient (Wildman–Crippen LogP) is 3.72. The summed E-state index contributed by atoms with van der Waals surface area (Å²) < 4.78 is 20.1. The van der Waals surface area contributed by atoms with Gasteiger partial charge in [-0.1, -0.05) is 22.9 Å². The lowest BCUT2D eigenvalue weighted by Crippen LogP contribution is -2.13. The van der Waals surface area contributed by atoms with Gasteiger partial charge in [0, 0.05) is 10.9 Å². The van der Waals surface area contributed by atoms with Gasteiger partial charge >= 0.3 is 0 Å². The average Bonchev–Trinajstić information content (AvgIpc) is 2.46. The molecule has 0 bridgehead atoms. The molecule has 112 valence electrons. The zero-order valence-electron chi connectivity index (χ0n) is 11.8. The van der Waals surface area contributed by atoms with Crippen LogP contribution in [0.15, 0.2) is 22.7 Å². The number of nitrogen functional groups attached to an aromatic ring is 1. The van der Waals surface area contributed by atoms with Gasteiger partial charge in [-0.25, -0.2) is 15.2 Å². The highest BCUT2D eigenvalue weighted by molar-refractivity contribution is 9.10. The molecule has 1 aromatic heterocycles. The zero-order chi connectivity index (χ0) is 15.4. The molecule has 7 heteroatoms. The molecule has 5 nitrogen and oxygen atoms in total. The van der Waals surface area contributed by atoms with Crippen molar-refractivity contribution >= 4 is 21.7 Å². The highest BCUT2D eigenvalue weighted by Crippen LogP contribution is 2.30. The van der Waals surface area contributed by atoms with Gasteiger partial charge < -0.3 is 10.2 Å². The van der Waals surface area contributed by atoms with Gasteiger partial charge in [0.05, 0.1) is 5.56 Å². The third-order valence-electron chi connectivity index (χ3n) is 2.86. The van der Waals surface area contributed by atoms with E-state index >= 15 is 0 Å². The lowest BCUT2D eigenvalue weighted by molar-refractivity contribution is 0.421. The first-order valence-corrected chi connectivity index (χ1v) is 7.31. The monoisotopic (exact) mass is 354 g/mol. The van der Waals surface area contributed by atoms with E-state index in [1.807, 2.05) is 6.92 Å². The summed E-state index contributed by atoms with van der Waals surface area (Å²) >= 11 is 3.28. The molecule has 0 amide bonds. The molecule has 0 unspecified atom stereocenters. The van der Waals surface area contributed by atoms with E-state index in [9.17, 15) is 4.39 Å². The van der Waals surface area contributed by atoms with Gasteiger partial charge in [-0.3, -0.25) is 0 Å². The largest absolute Gasteiger partial charge is 0.435 e. The van der Waals surface area contributed by atoms with Crippen LogP contribution in [0.25, 0.3) is 0 Å². The van der Waals surface area contributed by atoms with Gasteiger partial charge in [0.25, 0.3) is 0 Å². The van der Waals surface area contributed by atoms with Crippen molar-refractivity contribution in [1.82, 2.24) is 9.97 Å². The molecule has 0 saturated heterocycles. The van der Waals surface area contributed by atoms with Crippen LogP contribution < -0.4 is 16.0 Å². The van der Waals surface area contributed by atoms with Crippen molar-refractivity contribution < 1.29 is 9.13 Å². The molecule has 0 atom stereocenters. The van der Waals surface area contributed by atoms with Crippen molar-refractivity contribution in [2.24, 2.45) is 5.84 Å². The summed E-state index contributed by atoms with van der Waals surface area (Å²) in [6.45, 7) is 3.78. The molecule has 0 spiro atoms. The van der Waals surface area contributed by atoms with Gasteiger partial charge in [0.15, 0.2) is 11.6 Å². The van der Waals surface area contributed by atoms with E-state index in [-0.39, 0.29) is 5.75 Å². The van der Waals surface area contributed by atoms with E-state index < -0.39 is 5.82 Å². The summed E-state index contributed by atoms with van der Waals surface area (Å²) in [5.74, 6) is 6.45. The minimum atomic E-state index is -0.462. The fourth-order valence-electron chi connectivity index (χ4n) is 1.78. The van der Waals surface area contributed by atoms with E-state index in [2.05, 4.69) is 31.3 Å². The molecule has 1 heterocycles. The highest BCUT2D eigenvalue weighted by atomic mass is 79.9. The van der Waals surface area contributed by atoms with E-state index in [1.165, 1.54) is 6.07 Å². The Kier molecular flexibility index (Phi) is 5.08. The Bertz CT molecular complexity index is 651. The van der Waals surface area contributed by atoms with Gasteiger partial charge in [-0.05, 0) is 31.5 Å². The van der Waals surface area contributed by atoms with E-state index in [0.717, 1.165) is 10.9 Å². The van der Waals surface area contributed by atoms with Crippen LogP contribution in [0.5, 0.6) is 11.6 Å². The quantitative estimate of drug-likeness (QED) is 0.632. The predicted molar refractivity (Wildman–Crippen MR) is 82.7 cm³/mol. The number of ether oxygens (including phenoxy) is 1. The molecule has 0 aliphatic carbocycles. The Hall–Kier alpha value is -1.73. The van der Waals surface area contributed by atoms with Crippen molar-refractivity contribution in [1.29, 1.82) is 0 Å². The van der Waals surface area contributed by atoms with E-state index in [4.69, 9.17) is 10.6 Å². The first-order valence-electron chi connectivity index (χ1n) is 6.52. The number of aryl methyl sites for hydroxylation is 1. The summed E-state index contributed by atoms with van der Waals surface area (Å²) in [6, 6.07) is 4.47. The topological polar surface area (TPSA) is 73.1 Å². The molecule has 2 rings (SSSR count).